The molecule has 1 heterocycles. The van der Waals surface area contributed by atoms with Gasteiger partial charge in [-0.15, -0.1) is 0 Å². The van der Waals surface area contributed by atoms with Crippen LogP contribution in [0.15, 0.2) is 18.2 Å². The number of phenols is 1. The van der Waals surface area contributed by atoms with Gasteiger partial charge in [-0.3, -0.25) is 20.0 Å². The van der Waals surface area contributed by atoms with E-state index in [0.717, 1.165) is 6.07 Å². The van der Waals surface area contributed by atoms with Crippen molar-refractivity contribution >= 4 is 17.3 Å². The number of amides is 1. The molecule has 8 heteroatoms. The summed E-state index contributed by atoms with van der Waals surface area (Å²) in [6, 6.07) is 3.45. The molecule has 104 valence electrons. The number of nitro benzene ring substituents is 1. The largest absolute Gasteiger partial charge is 0.506 e. The minimum absolute atomic E-state index is 0.0978. The number of nitro groups is 1. The highest BCUT2D eigenvalue weighted by Gasteiger charge is 2.17. The molecule has 0 bridgehead atoms. The van der Waals surface area contributed by atoms with Crippen LogP contribution in [0.4, 0.5) is 11.4 Å². The predicted molar refractivity (Wildman–Crippen MR) is 70.8 cm³/mol. The van der Waals surface area contributed by atoms with Crippen LogP contribution >= 0.6 is 0 Å². The molecule has 8 nitrogen and oxygen atoms in total. The first-order valence-electron chi connectivity index (χ1n) is 5.70. The number of H-pyrrole nitrogens is 1. The maximum atomic E-state index is 12.1. The van der Waals surface area contributed by atoms with Crippen molar-refractivity contribution in [1.29, 1.82) is 0 Å². The van der Waals surface area contributed by atoms with Crippen LogP contribution in [0.3, 0.4) is 0 Å². The van der Waals surface area contributed by atoms with Gasteiger partial charge >= 0.3 is 0 Å². The molecule has 1 aromatic carbocycles. The highest BCUT2D eigenvalue weighted by molar-refractivity contribution is 6.06. The van der Waals surface area contributed by atoms with Crippen LogP contribution in [-0.2, 0) is 0 Å². The number of non-ortho nitro benzene ring substituents is 1. The van der Waals surface area contributed by atoms with Crippen LogP contribution in [0.25, 0.3) is 0 Å². The lowest BCUT2D eigenvalue weighted by molar-refractivity contribution is -0.384. The van der Waals surface area contributed by atoms with Crippen molar-refractivity contribution < 1.29 is 14.8 Å². The number of aryl methyl sites for hydroxylation is 2. The topological polar surface area (TPSA) is 121 Å². The van der Waals surface area contributed by atoms with Gasteiger partial charge in [0.15, 0.2) is 0 Å². The molecule has 0 unspecified atom stereocenters. The number of carbonyl (C=O) groups excluding carboxylic acids is 1. The number of benzene rings is 1. The fraction of sp³-hybridized carbons (Fsp3) is 0.167. The van der Waals surface area contributed by atoms with Crippen LogP contribution in [-0.4, -0.2) is 26.1 Å². The lowest BCUT2D eigenvalue weighted by Crippen LogP contribution is -2.13. The summed E-state index contributed by atoms with van der Waals surface area (Å²) < 4.78 is 0. The second-order valence-corrected chi connectivity index (χ2v) is 4.22. The molecule has 0 fully saturated rings. The number of nitrogens with one attached hydrogen (secondary N) is 2. The first kappa shape index (κ1) is 13.5. The summed E-state index contributed by atoms with van der Waals surface area (Å²) in [7, 11) is 0. The average Bonchev–Trinajstić information content (AvgIpc) is 2.71. The van der Waals surface area contributed by atoms with Crippen molar-refractivity contribution in [2.24, 2.45) is 0 Å². The summed E-state index contributed by atoms with van der Waals surface area (Å²) in [6.07, 6.45) is 0. The Kier molecular flexibility index (Phi) is 3.38. The molecule has 0 aliphatic heterocycles. The van der Waals surface area contributed by atoms with Gasteiger partial charge in [-0.05, 0) is 19.9 Å². The van der Waals surface area contributed by atoms with Gasteiger partial charge in [0.05, 0.1) is 27.9 Å². The van der Waals surface area contributed by atoms with Crippen molar-refractivity contribution in [3.8, 4) is 5.75 Å². The van der Waals surface area contributed by atoms with E-state index < -0.39 is 10.8 Å². The van der Waals surface area contributed by atoms with Crippen LogP contribution in [0.5, 0.6) is 5.75 Å². The van der Waals surface area contributed by atoms with Gasteiger partial charge in [-0.25, -0.2) is 0 Å². The monoisotopic (exact) mass is 276 g/mol. The number of carbonyl (C=O) groups is 1. The van der Waals surface area contributed by atoms with Crippen LogP contribution in [0.2, 0.25) is 0 Å². The molecule has 0 spiro atoms. The number of aromatic hydroxyl groups is 1. The van der Waals surface area contributed by atoms with E-state index >= 15 is 0 Å². The molecule has 1 aromatic heterocycles. The standard InChI is InChI=1S/C12H12N4O4/c1-6-11(7(2)15-14-6)12(18)13-9-4-3-8(16(19)20)5-10(9)17/h3-5,17H,1-2H3,(H,13,18)(H,14,15). The number of anilines is 1. The zero-order chi connectivity index (χ0) is 14.9. The predicted octanol–water partition coefficient (Wildman–Crippen LogP) is 1.89. The van der Waals surface area contributed by atoms with E-state index in [1.165, 1.54) is 12.1 Å². The Morgan fingerprint density at radius 1 is 1.45 bits per heavy atom. The molecule has 2 rings (SSSR count). The maximum absolute atomic E-state index is 12.1. The number of aromatic amines is 1. The normalized spacial score (nSPS) is 10.3. The fourth-order valence-corrected chi connectivity index (χ4v) is 1.81. The van der Waals surface area contributed by atoms with Gasteiger partial charge in [-0.1, -0.05) is 0 Å². The Bertz CT molecular complexity index is 673. The second kappa shape index (κ2) is 5.00. The molecule has 0 atom stereocenters. The van der Waals surface area contributed by atoms with Crippen molar-refractivity contribution in [2.45, 2.75) is 13.8 Å². The number of rotatable bonds is 3. The Hall–Kier alpha value is -2.90. The first-order chi connectivity index (χ1) is 9.40. The summed E-state index contributed by atoms with van der Waals surface area (Å²) in [5.41, 5.74) is 1.35. The fourth-order valence-electron chi connectivity index (χ4n) is 1.81. The molecule has 20 heavy (non-hydrogen) atoms. The van der Waals surface area contributed by atoms with E-state index in [1.807, 2.05) is 0 Å². The lowest BCUT2D eigenvalue weighted by Gasteiger charge is -2.07. The summed E-state index contributed by atoms with van der Waals surface area (Å²) in [6.45, 7) is 3.37. The quantitative estimate of drug-likeness (QED) is 0.449. The van der Waals surface area contributed by atoms with Crippen LogP contribution in [0.1, 0.15) is 21.7 Å². The van der Waals surface area contributed by atoms with Crippen molar-refractivity contribution in [3.05, 3.63) is 45.3 Å². The molecule has 0 radical (unpaired) electrons. The molecule has 0 saturated heterocycles. The highest BCUT2D eigenvalue weighted by Crippen LogP contribution is 2.28. The van der Waals surface area contributed by atoms with Gasteiger partial charge in [0.25, 0.3) is 11.6 Å². The summed E-state index contributed by atoms with van der Waals surface area (Å²) in [5.74, 6) is -0.816. The Balaban J connectivity index is 2.27. The lowest BCUT2D eigenvalue weighted by atomic mass is 10.1. The SMILES string of the molecule is Cc1n[nH]c(C)c1C(=O)Nc1ccc([N+](=O)[O-])cc1O. The Morgan fingerprint density at radius 2 is 2.15 bits per heavy atom. The van der Waals surface area contributed by atoms with E-state index in [9.17, 15) is 20.0 Å². The number of aromatic nitrogens is 2. The number of hydrogen-bond acceptors (Lipinski definition) is 5. The number of hydrogen-bond donors (Lipinski definition) is 3. The van der Waals surface area contributed by atoms with E-state index in [-0.39, 0.29) is 17.1 Å². The van der Waals surface area contributed by atoms with Crippen LogP contribution in [0, 0.1) is 24.0 Å². The van der Waals surface area contributed by atoms with E-state index in [0.29, 0.717) is 17.0 Å². The maximum Gasteiger partial charge on any atom is 0.273 e. The van der Waals surface area contributed by atoms with Crippen molar-refractivity contribution in [2.75, 3.05) is 5.32 Å². The van der Waals surface area contributed by atoms with E-state index in [2.05, 4.69) is 15.5 Å². The number of phenolic OH excluding ortho intramolecular Hbond substituents is 1. The van der Waals surface area contributed by atoms with Crippen molar-refractivity contribution in [1.82, 2.24) is 10.2 Å². The Labute approximate surface area is 113 Å². The molecule has 2 aromatic rings. The first-order valence-corrected chi connectivity index (χ1v) is 5.70. The summed E-state index contributed by atoms with van der Waals surface area (Å²) in [4.78, 5) is 22.0. The zero-order valence-corrected chi connectivity index (χ0v) is 10.8. The minimum Gasteiger partial charge on any atom is -0.506 e. The third-order valence-corrected chi connectivity index (χ3v) is 2.80. The molecule has 1 amide bonds. The van der Waals surface area contributed by atoms with Crippen molar-refractivity contribution in [3.63, 3.8) is 0 Å². The Morgan fingerprint density at radius 3 is 2.65 bits per heavy atom. The third-order valence-electron chi connectivity index (χ3n) is 2.80. The summed E-state index contributed by atoms with van der Waals surface area (Å²) >= 11 is 0. The molecular formula is C12H12N4O4. The van der Waals surface area contributed by atoms with E-state index in [4.69, 9.17) is 0 Å². The van der Waals surface area contributed by atoms with Crippen LogP contribution < -0.4 is 5.32 Å². The average molecular weight is 276 g/mol. The zero-order valence-electron chi connectivity index (χ0n) is 10.8. The second-order valence-electron chi connectivity index (χ2n) is 4.22. The smallest absolute Gasteiger partial charge is 0.273 e. The number of nitrogens with zero attached hydrogens (tertiary/aromatic N) is 2. The van der Waals surface area contributed by atoms with E-state index in [1.54, 1.807) is 13.8 Å². The van der Waals surface area contributed by atoms with Gasteiger partial charge in [0.1, 0.15) is 5.75 Å². The molecule has 0 aliphatic rings. The molecule has 0 saturated carbocycles. The molecule has 3 N–H and O–H groups in total. The molecule has 0 aliphatic carbocycles. The summed E-state index contributed by atoms with van der Waals surface area (Å²) in [5, 5.41) is 29.3. The minimum atomic E-state index is -0.629. The van der Waals surface area contributed by atoms with Gasteiger partial charge in [0, 0.05) is 11.8 Å². The molecular weight excluding hydrogens is 264 g/mol. The van der Waals surface area contributed by atoms with Gasteiger partial charge in [0.2, 0.25) is 0 Å². The van der Waals surface area contributed by atoms with Gasteiger partial charge in [-0.2, -0.15) is 5.10 Å². The highest BCUT2D eigenvalue weighted by atomic mass is 16.6. The van der Waals surface area contributed by atoms with Gasteiger partial charge < -0.3 is 10.4 Å². The third kappa shape index (κ3) is 2.44.